The minimum atomic E-state index is -0.256. The van der Waals surface area contributed by atoms with Gasteiger partial charge in [-0.2, -0.15) is 0 Å². The first-order valence-electron chi connectivity index (χ1n) is 8.17. The van der Waals surface area contributed by atoms with E-state index in [1.165, 1.54) is 17.5 Å². The van der Waals surface area contributed by atoms with Crippen LogP contribution in [0.25, 0.3) is 0 Å². The summed E-state index contributed by atoms with van der Waals surface area (Å²) in [5.41, 5.74) is 2.14. The molecule has 22 heavy (non-hydrogen) atoms. The van der Waals surface area contributed by atoms with Crippen LogP contribution in [0.5, 0.6) is 0 Å². The average Bonchev–Trinajstić information content (AvgIpc) is 2.62. The summed E-state index contributed by atoms with van der Waals surface area (Å²) in [5, 5.41) is 10.2. The molecule has 0 heterocycles. The van der Waals surface area contributed by atoms with Crippen LogP contribution < -0.4 is 0 Å². The van der Waals surface area contributed by atoms with Crippen LogP contribution in [0.1, 0.15) is 36.8 Å². The van der Waals surface area contributed by atoms with E-state index in [1.807, 2.05) is 24.3 Å². The Morgan fingerprint density at radius 3 is 2.32 bits per heavy atom. The highest BCUT2D eigenvalue weighted by Gasteiger charge is 2.42. The largest absolute Gasteiger partial charge is 0.395 e. The average molecular weight is 296 g/mol. The van der Waals surface area contributed by atoms with Crippen LogP contribution in [-0.2, 0) is 16.8 Å². The first-order chi connectivity index (χ1) is 10.8. The fourth-order valence-electron chi connectivity index (χ4n) is 3.59. The van der Waals surface area contributed by atoms with Gasteiger partial charge >= 0.3 is 0 Å². The summed E-state index contributed by atoms with van der Waals surface area (Å²) in [6.07, 6.45) is 4.41. The molecule has 0 radical (unpaired) electrons. The van der Waals surface area contributed by atoms with Crippen LogP contribution in [0.4, 0.5) is 0 Å². The van der Waals surface area contributed by atoms with Crippen LogP contribution in [0.2, 0.25) is 0 Å². The molecule has 0 aromatic heterocycles. The molecule has 3 rings (SSSR count). The second-order valence-corrected chi connectivity index (χ2v) is 6.21. The first-order valence-corrected chi connectivity index (χ1v) is 8.17. The van der Waals surface area contributed by atoms with E-state index < -0.39 is 0 Å². The summed E-state index contributed by atoms with van der Waals surface area (Å²) in [6, 6.07) is 20.7. The van der Waals surface area contributed by atoms with Crippen molar-refractivity contribution in [3.8, 4) is 0 Å². The quantitative estimate of drug-likeness (QED) is 0.901. The Kier molecular flexibility index (Phi) is 4.91. The van der Waals surface area contributed by atoms with Crippen molar-refractivity contribution in [1.82, 2.24) is 0 Å². The van der Waals surface area contributed by atoms with Crippen LogP contribution in [0, 0.1) is 0 Å². The maximum atomic E-state index is 10.2. The van der Waals surface area contributed by atoms with Crippen molar-refractivity contribution in [2.24, 2.45) is 0 Å². The zero-order valence-electron chi connectivity index (χ0n) is 12.9. The van der Waals surface area contributed by atoms with E-state index in [9.17, 15) is 5.11 Å². The number of rotatable bonds is 5. The summed E-state index contributed by atoms with van der Waals surface area (Å²) < 4.78 is 6.27. The number of benzene rings is 2. The molecule has 0 amide bonds. The van der Waals surface area contributed by atoms with Gasteiger partial charge in [0, 0.05) is 5.41 Å². The van der Waals surface area contributed by atoms with Gasteiger partial charge in [0.25, 0.3) is 0 Å². The van der Waals surface area contributed by atoms with Crippen molar-refractivity contribution in [3.63, 3.8) is 0 Å². The molecule has 1 saturated carbocycles. The molecule has 2 aromatic rings. The van der Waals surface area contributed by atoms with E-state index in [0.29, 0.717) is 6.61 Å². The fourth-order valence-corrected chi connectivity index (χ4v) is 3.59. The third kappa shape index (κ3) is 3.08. The van der Waals surface area contributed by atoms with Crippen molar-refractivity contribution < 1.29 is 9.84 Å². The van der Waals surface area contributed by atoms with Gasteiger partial charge in [-0.15, -0.1) is 0 Å². The van der Waals surface area contributed by atoms with Gasteiger partial charge in [-0.1, -0.05) is 73.5 Å². The van der Waals surface area contributed by atoms with Crippen molar-refractivity contribution in [1.29, 1.82) is 0 Å². The van der Waals surface area contributed by atoms with Crippen molar-refractivity contribution in [3.05, 3.63) is 71.8 Å². The Morgan fingerprint density at radius 2 is 1.64 bits per heavy atom. The molecule has 2 atom stereocenters. The molecule has 1 aliphatic carbocycles. The molecule has 2 heteroatoms. The SMILES string of the molecule is OC[C@@]1(c2ccccc2)CCCC[C@@H]1OCc1ccccc1. The lowest BCUT2D eigenvalue weighted by atomic mass is 9.68. The Balaban J connectivity index is 1.80. The molecule has 1 N–H and O–H groups in total. The van der Waals surface area contributed by atoms with Crippen LogP contribution in [0.3, 0.4) is 0 Å². The molecule has 2 aromatic carbocycles. The van der Waals surface area contributed by atoms with E-state index in [2.05, 4.69) is 36.4 Å². The highest BCUT2D eigenvalue weighted by Crippen LogP contribution is 2.41. The van der Waals surface area contributed by atoms with Gasteiger partial charge in [0.1, 0.15) is 0 Å². The fraction of sp³-hybridized carbons (Fsp3) is 0.400. The lowest BCUT2D eigenvalue weighted by molar-refractivity contribution is -0.0578. The van der Waals surface area contributed by atoms with Crippen LogP contribution >= 0.6 is 0 Å². The molecular weight excluding hydrogens is 272 g/mol. The van der Waals surface area contributed by atoms with Gasteiger partial charge in [0.05, 0.1) is 19.3 Å². The topological polar surface area (TPSA) is 29.5 Å². The molecule has 0 aliphatic heterocycles. The Morgan fingerprint density at radius 1 is 0.955 bits per heavy atom. The number of aliphatic hydroxyl groups excluding tert-OH is 1. The lowest BCUT2D eigenvalue weighted by Gasteiger charge is -2.43. The summed E-state index contributed by atoms with van der Waals surface area (Å²) in [5.74, 6) is 0. The monoisotopic (exact) mass is 296 g/mol. The van der Waals surface area contributed by atoms with Crippen LogP contribution in [-0.4, -0.2) is 17.8 Å². The van der Waals surface area contributed by atoms with Crippen molar-refractivity contribution in [2.45, 2.75) is 43.8 Å². The van der Waals surface area contributed by atoms with E-state index in [-0.39, 0.29) is 18.1 Å². The van der Waals surface area contributed by atoms with E-state index in [1.54, 1.807) is 0 Å². The minimum absolute atomic E-state index is 0.0776. The zero-order valence-corrected chi connectivity index (χ0v) is 12.9. The van der Waals surface area contributed by atoms with Crippen molar-refractivity contribution in [2.75, 3.05) is 6.61 Å². The number of hydrogen-bond acceptors (Lipinski definition) is 2. The first kappa shape index (κ1) is 15.3. The maximum absolute atomic E-state index is 10.2. The predicted molar refractivity (Wildman–Crippen MR) is 88.7 cm³/mol. The second kappa shape index (κ2) is 7.08. The molecular formula is C20H24O2. The maximum Gasteiger partial charge on any atom is 0.0721 e. The van der Waals surface area contributed by atoms with Crippen LogP contribution in [0.15, 0.2) is 60.7 Å². The molecule has 1 aliphatic rings. The molecule has 0 unspecified atom stereocenters. The number of aliphatic hydroxyl groups is 1. The molecule has 0 bridgehead atoms. The van der Waals surface area contributed by atoms with Gasteiger partial charge in [-0.05, 0) is 24.0 Å². The van der Waals surface area contributed by atoms with Gasteiger partial charge in [0.2, 0.25) is 0 Å². The summed E-state index contributed by atoms with van der Waals surface area (Å²) in [6.45, 7) is 0.760. The third-order valence-corrected chi connectivity index (χ3v) is 4.88. The highest BCUT2D eigenvalue weighted by atomic mass is 16.5. The van der Waals surface area contributed by atoms with Crippen molar-refractivity contribution >= 4 is 0 Å². The predicted octanol–water partition coefficient (Wildman–Crippen LogP) is 4.08. The molecule has 0 spiro atoms. The minimum Gasteiger partial charge on any atom is -0.395 e. The molecule has 2 nitrogen and oxygen atoms in total. The van der Waals surface area contributed by atoms with E-state index in [4.69, 9.17) is 4.74 Å². The molecule has 0 saturated heterocycles. The summed E-state index contributed by atoms with van der Waals surface area (Å²) >= 11 is 0. The number of hydrogen-bond donors (Lipinski definition) is 1. The van der Waals surface area contributed by atoms with E-state index in [0.717, 1.165) is 19.3 Å². The van der Waals surface area contributed by atoms with Gasteiger partial charge in [-0.25, -0.2) is 0 Å². The summed E-state index contributed by atoms with van der Waals surface area (Å²) in [7, 11) is 0. The standard InChI is InChI=1S/C20H24O2/c21-16-20(18-11-5-2-6-12-18)14-8-7-13-19(20)22-15-17-9-3-1-4-10-17/h1-6,9-12,19,21H,7-8,13-16H2/t19-,20+/m0/s1. The number of ether oxygens (including phenoxy) is 1. The normalized spacial score (nSPS) is 25.0. The van der Waals surface area contributed by atoms with Gasteiger partial charge < -0.3 is 9.84 Å². The Bertz CT molecular complexity index is 567. The van der Waals surface area contributed by atoms with Gasteiger partial charge in [0.15, 0.2) is 0 Å². The second-order valence-electron chi connectivity index (χ2n) is 6.21. The lowest BCUT2D eigenvalue weighted by Crippen LogP contribution is -2.46. The van der Waals surface area contributed by atoms with E-state index >= 15 is 0 Å². The smallest absolute Gasteiger partial charge is 0.0721 e. The Hall–Kier alpha value is -1.64. The Labute approximate surface area is 132 Å². The third-order valence-electron chi connectivity index (χ3n) is 4.88. The highest BCUT2D eigenvalue weighted by molar-refractivity contribution is 5.28. The molecule has 1 fully saturated rings. The summed E-state index contributed by atoms with van der Waals surface area (Å²) in [4.78, 5) is 0. The van der Waals surface area contributed by atoms with Gasteiger partial charge in [-0.3, -0.25) is 0 Å². The zero-order chi connectivity index (χ0) is 15.3. The molecule has 116 valence electrons.